The van der Waals surface area contributed by atoms with Crippen LogP contribution >= 0.6 is 0 Å². The van der Waals surface area contributed by atoms with Gasteiger partial charge in [0.05, 0.1) is 5.92 Å². The average Bonchev–Trinajstić information content (AvgIpc) is 2.72. The molecule has 0 aliphatic carbocycles. The van der Waals surface area contributed by atoms with E-state index < -0.39 is 0 Å². The molecule has 1 amide bonds. The lowest BCUT2D eigenvalue weighted by Crippen LogP contribution is -2.46. The molecule has 1 aliphatic rings. The fraction of sp³-hybridized carbons (Fsp3) is 0.476. The van der Waals surface area contributed by atoms with Crippen LogP contribution in [0.15, 0.2) is 42.7 Å². The molecule has 2 aromatic rings. The van der Waals surface area contributed by atoms with Gasteiger partial charge >= 0.3 is 0 Å². The summed E-state index contributed by atoms with van der Waals surface area (Å²) in [5.41, 5.74) is 0.550. The van der Waals surface area contributed by atoms with E-state index in [1.807, 2.05) is 25.1 Å². The number of piperidine rings is 1. The predicted molar refractivity (Wildman–Crippen MR) is 107 cm³/mol. The monoisotopic (exact) mass is 385 g/mol. The van der Waals surface area contributed by atoms with Gasteiger partial charge in [-0.15, -0.1) is 0 Å². The van der Waals surface area contributed by atoms with Gasteiger partial charge in [0.1, 0.15) is 5.82 Å². The van der Waals surface area contributed by atoms with E-state index in [9.17, 15) is 9.18 Å². The van der Waals surface area contributed by atoms with Crippen LogP contribution in [0.2, 0.25) is 0 Å². The molecular weight excluding hydrogens is 357 g/mol. The van der Waals surface area contributed by atoms with Crippen molar-refractivity contribution in [3.05, 3.63) is 54.1 Å². The van der Waals surface area contributed by atoms with Crippen molar-refractivity contribution in [3.8, 4) is 0 Å². The summed E-state index contributed by atoms with van der Waals surface area (Å²) in [5.74, 6) is 0.333. The molecule has 1 atom stereocenters. The molecule has 0 saturated carbocycles. The number of hydrogen-bond acceptors (Lipinski definition) is 5. The van der Waals surface area contributed by atoms with Crippen LogP contribution in [-0.4, -0.2) is 65.9 Å². The van der Waals surface area contributed by atoms with Crippen LogP contribution in [0.4, 0.5) is 10.3 Å². The second-order valence-electron chi connectivity index (χ2n) is 7.49. The molecule has 0 bridgehead atoms. The number of amides is 1. The van der Waals surface area contributed by atoms with Gasteiger partial charge in [-0.05, 0) is 39.1 Å². The summed E-state index contributed by atoms with van der Waals surface area (Å²) in [6.07, 6.45) is 5.18. The highest BCUT2D eigenvalue weighted by atomic mass is 19.1. The molecular formula is C21H28FN5O. The number of carbonyl (C=O) groups is 1. The maximum atomic E-state index is 14.2. The van der Waals surface area contributed by atoms with E-state index in [4.69, 9.17) is 0 Å². The zero-order valence-electron chi connectivity index (χ0n) is 16.6. The summed E-state index contributed by atoms with van der Waals surface area (Å²) in [5, 5.41) is 0. The van der Waals surface area contributed by atoms with Gasteiger partial charge in [-0.3, -0.25) is 4.79 Å². The number of benzene rings is 1. The highest BCUT2D eigenvalue weighted by molar-refractivity contribution is 5.79. The smallest absolute Gasteiger partial charge is 0.227 e. The number of nitrogens with zero attached hydrogens (tertiary/aromatic N) is 5. The van der Waals surface area contributed by atoms with Crippen LogP contribution in [0.3, 0.4) is 0 Å². The molecule has 0 spiro atoms. The van der Waals surface area contributed by atoms with E-state index in [-0.39, 0.29) is 24.2 Å². The second-order valence-corrected chi connectivity index (χ2v) is 7.49. The van der Waals surface area contributed by atoms with Crippen molar-refractivity contribution < 1.29 is 9.18 Å². The van der Waals surface area contributed by atoms with Gasteiger partial charge in [-0.25, -0.2) is 14.4 Å². The van der Waals surface area contributed by atoms with E-state index in [1.165, 1.54) is 6.07 Å². The van der Waals surface area contributed by atoms with Crippen LogP contribution in [0, 0.1) is 11.7 Å². The van der Waals surface area contributed by atoms with Crippen LogP contribution in [0.25, 0.3) is 0 Å². The van der Waals surface area contributed by atoms with E-state index in [2.05, 4.69) is 14.9 Å². The van der Waals surface area contributed by atoms with Crippen LogP contribution < -0.4 is 4.90 Å². The molecule has 1 unspecified atom stereocenters. The largest absolute Gasteiger partial charge is 0.340 e. The molecule has 0 N–H and O–H groups in total. The maximum absolute atomic E-state index is 14.2. The summed E-state index contributed by atoms with van der Waals surface area (Å²) in [6.45, 7) is 3.03. The summed E-state index contributed by atoms with van der Waals surface area (Å²) in [7, 11) is 3.95. The van der Waals surface area contributed by atoms with Crippen molar-refractivity contribution >= 4 is 11.9 Å². The molecule has 1 aromatic heterocycles. The van der Waals surface area contributed by atoms with Crippen molar-refractivity contribution in [3.63, 3.8) is 0 Å². The van der Waals surface area contributed by atoms with Crippen LogP contribution in [0.5, 0.6) is 0 Å². The highest BCUT2D eigenvalue weighted by Crippen LogP contribution is 2.23. The van der Waals surface area contributed by atoms with Crippen molar-refractivity contribution in [1.82, 2.24) is 19.8 Å². The van der Waals surface area contributed by atoms with Crippen LogP contribution in [0.1, 0.15) is 18.4 Å². The van der Waals surface area contributed by atoms with E-state index in [0.29, 0.717) is 24.6 Å². The normalized spacial score (nSPS) is 17.0. The third kappa shape index (κ3) is 5.25. The Labute approximate surface area is 166 Å². The van der Waals surface area contributed by atoms with Gasteiger partial charge < -0.3 is 14.7 Å². The molecule has 150 valence electrons. The first kappa shape index (κ1) is 20.2. The van der Waals surface area contributed by atoms with Gasteiger partial charge in [0.15, 0.2) is 0 Å². The molecule has 6 nitrogen and oxygen atoms in total. The molecule has 7 heteroatoms. The first-order valence-electron chi connectivity index (χ1n) is 9.73. The summed E-state index contributed by atoms with van der Waals surface area (Å²) in [4.78, 5) is 27.8. The Kier molecular flexibility index (Phi) is 6.92. The minimum Gasteiger partial charge on any atom is -0.340 e. The summed E-state index contributed by atoms with van der Waals surface area (Å²) in [6, 6.07) is 8.45. The summed E-state index contributed by atoms with van der Waals surface area (Å²) >= 11 is 0. The van der Waals surface area contributed by atoms with Crippen molar-refractivity contribution in [2.24, 2.45) is 5.92 Å². The summed E-state index contributed by atoms with van der Waals surface area (Å²) < 4.78 is 14.2. The SMILES string of the molecule is CN(C)CCN(Cc1ccccc1F)C(=O)C1CCCN(c2ncccn2)C1. The van der Waals surface area contributed by atoms with Gasteiger partial charge in [-0.1, -0.05) is 18.2 Å². The zero-order chi connectivity index (χ0) is 19.9. The lowest BCUT2D eigenvalue weighted by molar-refractivity contribution is -0.136. The topological polar surface area (TPSA) is 52.6 Å². The van der Waals surface area contributed by atoms with Crippen molar-refractivity contribution in [1.29, 1.82) is 0 Å². The highest BCUT2D eigenvalue weighted by Gasteiger charge is 2.30. The lowest BCUT2D eigenvalue weighted by Gasteiger charge is -2.35. The number of halogens is 1. The standard InChI is InChI=1S/C21H28FN5O/c1-25(2)13-14-26(15-17-7-3-4-9-19(17)22)20(28)18-8-5-12-27(16-18)21-23-10-6-11-24-21/h3-4,6-7,9-11,18H,5,8,12-16H2,1-2H3. The Bertz CT molecular complexity index is 770. The van der Waals surface area contributed by atoms with Crippen molar-refractivity contribution in [2.45, 2.75) is 19.4 Å². The minimum absolute atomic E-state index is 0.0748. The number of aromatic nitrogens is 2. The Balaban J connectivity index is 1.73. The Morgan fingerprint density at radius 3 is 2.64 bits per heavy atom. The van der Waals surface area contributed by atoms with Crippen molar-refractivity contribution in [2.75, 3.05) is 45.2 Å². The van der Waals surface area contributed by atoms with E-state index >= 15 is 0 Å². The Hall–Kier alpha value is -2.54. The zero-order valence-corrected chi connectivity index (χ0v) is 16.6. The predicted octanol–water partition coefficient (Wildman–Crippen LogP) is 2.42. The average molecular weight is 385 g/mol. The lowest BCUT2D eigenvalue weighted by atomic mass is 9.96. The molecule has 2 heterocycles. The molecule has 0 radical (unpaired) electrons. The van der Waals surface area contributed by atoms with Gasteiger partial charge in [0, 0.05) is 50.7 Å². The third-order valence-electron chi connectivity index (χ3n) is 5.05. The second kappa shape index (κ2) is 9.59. The fourth-order valence-electron chi connectivity index (χ4n) is 3.49. The van der Waals surface area contributed by atoms with Gasteiger partial charge in [0.2, 0.25) is 11.9 Å². The number of carbonyl (C=O) groups excluding carboxylic acids is 1. The molecule has 1 aliphatic heterocycles. The first-order chi connectivity index (χ1) is 13.5. The van der Waals surface area contributed by atoms with E-state index in [0.717, 1.165) is 25.9 Å². The minimum atomic E-state index is -0.270. The van der Waals surface area contributed by atoms with Gasteiger partial charge in [0.25, 0.3) is 0 Å². The maximum Gasteiger partial charge on any atom is 0.227 e. The van der Waals surface area contributed by atoms with E-state index in [1.54, 1.807) is 35.5 Å². The fourth-order valence-corrected chi connectivity index (χ4v) is 3.49. The number of anilines is 1. The Morgan fingerprint density at radius 2 is 1.93 bits per heavy atom. The third-order valence-corrected chi connectivity index (χ3v) is 5.05. The molecule has 1 aromatic carbocycles. The molecule has 1 fully saturated rings. The number of hydrogen-bond donors (Lipinski definition) is 0. The Morgan fingerprint density at radius 1 is 1.18 bits per heavy atom. The number of likely N-dealkylation sites (N-methyl/N-ethyl adjacent to an activating group) is 1. The molecule has 28 heavy (non-hydrogen) atoms. The van der Waals surface area contributed by atoms with Gasteiger partial charge in [-0.2, -0.15) is 0 Å². The number of rotatable bonds is 7. The quantitative estimate of drug-likeness (QED) is 0.733. The van der Waals surface area contributed by atoms with Crippen LogP contribution in [-0.2, 0) is 11.3 Å². The molecule has 1 saturated heterocycles. The first-order valence-corrected chi connectivity index (χ1v) is 9.73. The molecule has 3 rings (SSSR count).